The number of methoxy groups -OCH3 is 1. The van der Waals surface area contributed by atoms with Crippen LogP contribution in [0.4, 0.5) is 5.69 Å². The van der Waals surface area contributed by atoms with Gasteiger partial charge in [-0.05, 0) is 29.8 Å². The molecule has 0 bridgehead atoms. The topological polar surface area (TPSA) is 125 Å². The van der Waals surface area contributed by atoms with Crippen LogP contribution in [-0.2, 0) is 27.9 Å². The van der Waals surface area contributed by atoms with Gasteiger partial charge in [0.05, 0.1) is 22.5 Å². The maximum atomic E-state index is 12.6. The number of nitrogens with one attached hydrogen (secondary N) is 1. The number of carbonyl (C=O) groups is 1. The van der Waals surface area contributed by atoms with Crippen LogP contribution < -0.4 is 9.46 Å². The Bertz CT molecular complexity index is 1230. The Labute approximate surface area is 184 Å². The zero-order chi connectivity index (χ0) is 23.1. The van der Waals surface area contributed by atoms with Crippen LogP contribution in [0.25, 0.3) is 0 Å². The molecule has 3 aromatic rings. The van der Waals surface area contributed by atoms with Gasteiger partial charge in [0.15, 0.2) is 0 Å². The van der Waals surface area contributed by atoms with Crippen molar-refractivity contribution < 1.29 is 27.6 Å². The predicted molar refractivity (Wildman–Crippen MR) is 116 cm³/mol. The van der Waals surface area contributed by atoms with E-state index < -0.39 is 20.9 Å². The van der Waals surface area contributed by atoms with E-state index in [1.54, 1.807) is 24.3 Å². The van der Waals surface area contributed by atoms with Crippen molar-refractivity contribution in [2.45, 2.75) is 18.0 Å². The molecule has 0 aliphatic carbocycles. The average molecular weight is 456 g/mol. The minimum atomic E-state index is -3.86. The molecule has 0 atom stereocenters. The number of benzene rings is 3. The molecule has 0 aliphatic heterocycles. The lowest BCUT2D eigenvalue weighted by atomic mass is 10.2. The van der Waals surface area contributed by atoms with Crippen LogP contribution in [0.3, 0.4) is 0 Å². The van der Waals surface area contributed by atoms with Gasteiger partial charge in [0, 0.05) is 24.2 Å². The minimum Gasteiger partial charge on any atom is -0.496 e. The number of ether oxygens (including phenoxy) is 2. The van der Waals surface area contributed by atoms with Crippen molar-refractivity contribution in [2.24, 2.45) is 0 Å². The number of hydrogen-bond donors (Lipinski definition) is 1. The second-order valence-electron chi connectivity index (χ2n) is 6.67. The monoisotopic (exact) mass is 456 g/mol. The lowest BCUT2D eigenvalue weighted by molar-refractivity contribution is -0.385. The predicted octanol–water partition coefficient (Wildman–Crippen LogP) is 3.44. The fraction of sp³-hybridized carbons (Fsp3) is 0.136. The van der Waals surface area contributed by atoms with E-state index in [2.05, 4.69) is 4.72 Å². The molecule has 32 heavy (non-hydrogen) atoms. The van der Waals surface area contributed by atoms with Crippen molar-refractivity contribution in [2.75, 3.05) is 7.11 Å². The molecule has 10 heteroatoms. The molecule has 0 amide bonds. The summed E-state index contributed by atoms with van der Waals surface area (Å²) in [6.45, 7) is -0.183. The SMILES string of the molecule is COc1ccc([N+](=O)[O-])cc1COC(=O)c1cccc(S(=O)(=O)NCc2ccccc2)c1. The van der Waals surface area contributed by atoms with E-state index in [0.717, 1.165) is 5.56 Å². The third-order valence-electron chi connectivity index (χ3n) is 4.52. The van der Waals surface area contributed by atoms with Crippen molar-refractivity contribution >= 4 is 21.7 Å². The van der Waals surface area contributed by atoms with Gasteiger partial charge < -0.3 is 9.47 Å². The van der Waals surface area contributed by atoms with Gasteiger partial charge in [-0.25, -0.2) is 17.9 Å². The smallest absolute Gasteiger partial charge is 0.338 e. The molecule has 0 aliphatic rings. The molecule has 0 aromatic heterocycles. The first kappa shape index (κ1) is 22.9. The van der Waals surface area contributed by atoms with Crippen molar-refractivity contribution in [3.63, 3.8) is 0 Å². The van der Waals surface area contributed by atoms with Gasteiger partial charge in [-0.1, -0.05) is 36.4 Å². The first-order chi connectivity index (χ1) is 15.3. The summed E-state index contributed by atoms with van der Waals surface area (Å²) < 4.78 is 38.1. The lowest BCUT2D eigenvalue weighted by Gasteiger charge is -2.11. The summed E-state index contributed by atoms with van der Waals surface area (Å²) in [6.07, 6.45) is 0. The lowest BCUT2D eigenvalue weighted by Crippen LogP contribution is -2.23. The van der Waals surface area contributed by atoms with Crippen LogP contribution in [0.5, 0.6) is 5.75 Å². The molecular formula is C22H20N2O7S. The highest BCUT2D eigenvalue weighted by molar-refractivity contribution is 7.89. The van der Waals surface area contributed by atoms with E-state index >= 15 is 0 Å². The van der Waals surface area contributed by atoms with Gasteiger partial charge in [0.1, 0.15) is 12.4 Å². The van der Waals surface area contributed by atoms with E-state index in [4.69, 9.17) is 9.47 Å². The molecule has 1 N–H and O–H groups in total. The van der Waals surface area contributed by atoms with Crippen LogP contribution in [0.2, 0.25) is 0 Å². The summed E-state index contributed by atoms with van der Waals surface area (Å²) in [5.41, 5.74) is 0.951. The van der Waals surface area contributed by atoms with Crippen LogP contribution >= 0.6 is 0 Å². The highest BCUT2D eigenvalue weighted by atomic mass is 32.2. The van der Waals surface area contributed by atoms with Crippen molar-refractivity contribution in [1.82, 2.24) is 4.72 Å². The number of nitro benzene ring substituents is 1. The quantitative estimate of drug-likeness (QED) is 0.297. The minimum absolute atomic E-state index is 0.0250. The summed E-state index contributed by atoms with van der Waals surface area (Å²) in [6, 6.07) is 18.4. The first-order valence-corrected chi connectivity index (χ1v) is 10.9. The highest BCUT2D eigenvalue weighted by Crippen LogP contribution is 2.25. The zero-order valence-electron chi connectivity index (χ0n) is 17.1. The van der Waals surface area contributed by atoms with Crippen molar-refractivity contribution in [3.05, 3.63) is 99.6 Å². The van der Waals surface area contributed by atoms with Gasteiger partial charge in [-0.2, -0.15) is 0 Å². The molecule has 0 spiro atoms. The molecule has 0 saturated carbocycles. The van der Waals surface area contributed by atoms with Gasteiger partial charge in [0.2, 0.25) is 10.0 Å². The van der Waals surface area contributed by atoms with Gasteiger partial charge in [-0.3, -0.25) is 10.1 Å². The number of nitro groups is 1. The molecule has 3 aromatic carbocycles. The van der Waals surface area contributed by atoms with Crippen molar-refractivity contribution in [3.8, 4) is 5.75 Å². The zero-order valence-corrected chi connectivity index (χ0v) is 17.9. The largest absolute Gasteiger partial charge is 0.496 e. The second-order valence-corrected chi connectivity index (χ2v) is 8.43. The Morgan fingerprint density at radius 1 is 1.03 bits per heavy atom. The number of esters is 1. The Morgan fingerprint density at radius 3 is 2.47 bits per heavy atom. The van der Waals surface area contributed by atoms with E-state index in [9.17, 15) is 23.3 Å². The summed E-state index contributed by atoms with van der Waals surface area (Å²) in [5, 5.41) is 11.0. The summed E-state index contributed by atoms with van der Waals surface area (Å²) in [5.74, 6) is -0.455. The molecular weight excluding hydrogens is 436 g/mol. The molecule has 3 rings (SSSR count). The summed E-state index contributed by atoms with van der Waals surface area (Å²) in [4.78, 5) is 22.8. The van der Waals surface area contributed by atoms with Crippen LogP contribution in [-0.4, -0.2) is 26.4 Å². The average Bonchev–Trinajstić information content (AvgIpc) is 2.81. The fourth-order valence-corrected chi connectivity index (χ4v) is 3.93. The first-order valence-electron chi connectivity index (χ1n) is 9.42. The number of nitrogens with zero attached hydrogens (tertiary/aromatic N) is 1. The fourth-order valence-electron chi connectivity index (χ4n) is 2.87. The summed E-state index contributed by atoms with van der Waals surface area (Å²) in [7, 11) is -2.47. The van der Waals surface area contributed by atoms with Gasteiger partial charge >= 0.3 is 5.97 Å². The Hall–Kier alpha value is -3.76. The molecule has 0 radical (unpaired) electrons. The highest BCUT2D eigenvalue weighted by Gasteiger charge is 2.18. The van der Waals surface area contributed by atoms with Gasteiger partial charge in [0.25, 0.3) is 5.69 Å². The number of sulfonamides is 1. The maximum absolute atomic E-state index is 12.6. The molecule has 9 nitrogen and oxygen atoms in total. The van der Waals surface area contributed by atoms with E-state index in [1.807, 2.05) is 6.07 Å². The van der Waals surface area contributed by atoms with E-state index in [0.29, 0.717) is 11.3 Å². The molecule has 166 valence electrons. The number of carbonyl (C=O) groups excluding carboxylic acids is 1. The number of non-ortho nitro benzene ring substituents is 1. The van der Waals surface area contributed by atoms with Crippen molar-refractivity contribution in [1.29, 1.82) is 0 Å². The van der Waals surface area contributed by atoms with Crippen LogP contribution in [0.1, 0.15) is 21.5 Å². The second kappa shape index (κ2) is 10.0. The third-order valence-corrected chi connectivity index (χ3v) is 5.92. The number of rotatable bonds is 9. The Morgan fingerprint density at radius 2 is 1.78 bits per heavy atom. The van der Waals surface area contributed by atoms with E-state index in [1.165, 1.54) is 49.6 Å². The van der Waals surface area contributed by atoms with E-state index in [-0.39, 0.29) is 29.3 Å². The normalized spacial score (nSPS) is 11.0. The third kappa shape index (κ3) is 5.68. The molecule has 0 unspecified atom stereocenters. The number of hydrogen-bond acceptors (Lipinski definition) is 7. The molecule has 0 heterocycles. The van der Waals surface area contributed by atoms with Crippen LogP contribution in [0, 0.1) is 10.1 Å². The molecule has 0 fully saturated rings. The maximum Gasteiger partial charge on any atom is 0.338 e. The summed E-state index contributed by atoms with van der Waals surface area (Å²) >= 11 is 0. The van der Waals surface area contributed by atoms with Gasteiger partial charge in [-0.15, -0.1) is 0 Å². The Balaban J connectivity index is 1.71. The Kier molecular flexibility index (Phi) is 7.18. The molecule has 0 saturated heterocycles. The van der Waals surface area contributed by atoms with Crippen LogP contribution in [0.15, 0.2) is 77.7 Å². The standard InChI is InChI=1S/C22H20N2O7S/c1-30-21-11-10-19(24(26)27)12-18(21)15-31-22(25)17-8-5-9-20(13-17)32(28,29)23-14-16-6-3-2-4-7-16/h2-13,23H,14-15H2,1H3.